The maximum absolute atomic E-state index is 11.4. The van der Waals surface area contributed by atoms with E-state index in [9.17, 15) is 9.90 Å². The first-order chi connectivity index (χ1) is 15.3. The number of hydrogen-bond donors (Lipinski definition) is 1. The normalized spacial score (nSPS) is 14.1. The number of pyridine rings is 1. The van der Waals surface area contributed by atoms with Gasteiger partial charge in [-0.15, -0.1) is 0 Å². The topological polar surface area (TPSA) is 81.2 Å². The third-order valence-electron chi connectivity index (χ3n) is 6.28. The third kappa shape index (κ3) is 3.48. The van der Waals surface area contributed by atoms with Crippen LogP contribution in [0.3, 0.4) is 0 Å². The highest BCUT2D eigenvalue weighted by Crippen LogP contribution is 2.38. The molecule has 0 atom stereocenters. The smallest absolute Gasteiger partial charge is 0.335 e. The molecule has 1 fully saturated rings. The standard InChI is InChI=1S/C24H21Cl2N3O3/c1-12-21(13(2)32-28-12)16-9-20-22(27-10-16)17(6-14-4-3-5-14)11-29(20)23-18(25)7-15(24(30)31)8-19(23)26/h7-11,14H,3-6H2,1-2H3,(H,30,31). The molecule has 0 radical (unpaired) electrons. The number of nitrogens with zero attached hydrogens (tertiary/aromatic N) is 3. The van der Waals surface area contributed by atoms with Crippen LogP contribution in [0.5, 0.6) is 0 Å². The molecular weight excluding hydrogens is 449 g/mol. The molecule has 32 heavy (non-hydrogen) atoms. The SMILES string of the molecule is Cc1noc(C)c1-c1cnc2c(CC3CCC3)cn(-c3c(Cl)cc(C(=O)O)cc3Cl)c2c1. The first-order valence-corrected chi connectivity index (χ1v) is 11.2. The molecule has 6 nitrogen and oxygen atoms in total. The highest BCUT2D eigenvalue weighted by atomic mass is 35.5. The molecule has 0 aliphatic heterocycles. The molecule has 8 heteroatoms. The first kappa shape index (κ1) is 21.0. The lowest BCUT2D eigenvalue weighted by Gasteiger charge is -2.24. The van der Waals surface area contributed by atoms with Gasteiger partial charge in [-0.1, -0.05) is 47.6 Å². The predicted molar refractivity (Wildman–Crippen MR) is 124 cm³/mol. The zero-order valence-corrected chi connectivity index (χ0v) is 19.2. The van der Waals surface area contributed by atoms with Crippen molar-refractivity contribution < 1.29 is 14.4 Å². The van der Waals surface area contributed by atoms with E-state index in [1.807, 2.05) is 36.9 Å². The number of benzene rings is 1. The number of rotatable bonds is 5. The summed E-state index contributed by atoms with van der Waals surface area (Å²) in [5.41, 5.74) is 6.04. The molecule has 5 rings (SSSR count). The van der Waals surface area contributed by atoms with Crippen molar-refractivity contribution in [3.8, 4) is 16.8 Å². The Morgan fingerprint density at radius 1 is 1.22 bits per heavy atom. The van der Waals surface area contributed by atoms with Crippen LogP contribution in [0.15, 0.2) is 35.1 Å². The molecular formula is C24H21Cl2N3O3. The van der Waals surface area contributed by atoms with Gasteiger partial charge in [0.25, 0.3) is 0 Å². The first-order valence-electron chi connectivity index (χ1n) is 10.5. The van der Waals surface area contributed by atoms with Crippen molar-refractivity contribution in [2.24, 2.45) is 5.92 Å². The van der Waals surface area contributed by atoms with Crippen LogP contribution in [0, 0.1) is 19.8 Å². The van der Waals surface area contributed by atoms with Crippen molar-refractivity contribution in [3.63, 3.8) is 0 Å². The minimum Gasteiger partial charge on any atom is -0.478 e. The molecule has 1 aromatic carbocycles. The van der Waals surface area contributed by atoms with Crippen LogP contribution in [-0.2, 0) is 6.42 Å². The van der Waals surface area contributed by atoms with Gasteiger partial charge in [0.1, 0.15) is 5.76 Å². The fourth-order valence-corrected chi connectivity index (χ4v) is 5.13. The number of aryl methyl sites for hydroxylation is 2. The number of carboxylic acid groups (broad SMARTS) is 1. The number of halogens is 2. The average molecular weight is 470 g/mol. The molecule has 0 spiro atoms. The van der Waals surface area contributed by atoms with Crippen molar-refractivity contribution in [2.45, 2.75) is 39.5 Å². The van der Waals surface area contributed by atoms with E-state index in [-0.39, 0.29) is 15.6 Å². The van der Waals surface area contributed by atoms with E-state index in [2.05, 4.69) is 5.16 Å². The summed E-state index contributed by atoms with van der Waals surface area (Å²) in [5.74, 6) is 0.294. The summed E-state index contributed by atoms with van der Waals surface area (Å²) in [5, 5.41) is 13.9. The Bertz CT molecular complexity index is 1330. The Labute approximate surface area is 194 Å². The number of fused-ring (bicyclic) bond motifs is 1. The second-order valence-electron chi connectivity index (χ2n) is 8.41. The maximum atomic E-state index is 11.4. The van der Waals surface area contributed by atoms with Gasteiger partial charge in [0.05, 0.1) is 38.0 Å². The summed E-state index contributed by atoms with van der Waals surface area (Å²) < 4.78 is 7.27. The van der Waals surface area contributed by atoms with Crippen LogP contribution >= 0.6 is 23.2 Å². The van der Waals surface area contributed by atoms with E-state index in [1.165, 1.54) is 31.4 Å². The molecule has 1 saturated carbocycles. The van der Waals surface area contributed by atoms with Gasteiger partial charge in [-0.3, -0.25) is 4.98 Å². The largest absolute Gasteiger partial charge is 0.478 e. The van der Waals surface area contributed by atoms with Crippen molar-refractivity contribution in [1.82, 2.24) is 14.7 Å². The van der Waals surface area contributed by atoms with E-state index < -0.39 is 5.97 Å². The lowest BCUT2D eigenvalue weighted by molar-refractivity contribution is 0.0697. The van der Waals surface area contributed by atoms with E-state index in [1.54, 1.807) is 0 Å². The highest BCUT2D eigenvalue weighted by Gasteiger charge is 2.24. The maximum Gasteiger partial charge on any atom is 0.335 e. The van der Waals surface area contributed by atoms with Gasteiger partial charge >= 0.3 is 5.97 Å². The van der Waals surface area contributed by atoms with E-state index in [0.29, 0.717) is 11.6 Å². The fraction of sp³-hybridized carbons (Fsp3) is 0.292. The minimum absolute atomic E-state index is 0.0458. The van der Waals surface area contributed by atoms with Crippen LogP contribution < -0.4 is 0 Å². The van der Waals surface area contributed by atoms with Crippen LogP contribution in [0.4, 0.5) is 0 Å². The van der Waals surface area contributed by atoms with E-state index in [4.69, 9.17) is 32.7 Å². The molecule has 164 valence electrons. The van der Waals surface area contributed by atoms with Crippen LogP contribution in [0.1, 0.15) is 46.6 Å². The molecule has 1 aliphatic carbocycles. The zero-order valence-electron chi connectivity index (χ0n) is 17.7. The van der Waals surface area contributed by atoms with Crippen LogP contribution in [-0.4, -0.2) is 25.8 Å². The van der Waals surface area contributed by atoms with Crippen molar-refractivity contribution in [3.05, 3.63) is 63.2 Å². The molecule has 3 aromatic heterocycles. The molecule has 0 amide bonds. The van der Waals surface area contributed by atoms with Crippen LogP contribution in [0.25, 0.3) is 27.8 Å². The Kier molecular flexibility index (Phi) is 5.22. The second kappa shape index (κ2) is 7.94. The summed E-state index contributed by atoms with van der Waals surface area (Å²) in [6.45, 7) is 3.77. The van der Waals surface area contributed by atoms with Gasteiger partial charge in [0.15, 0.2) is 0 Å². The quantitative estimate of drug-likeness (QED) is 0.353. The molecule has 0 bridgehead atoms. The molecule has 0 unspecified atom stereocenters. The zero-order chi connectivity index (χ0) is 22.6. The minimum atomic E-state index is -1.08. The van der Waals surface area contributed by atoms with Crippen molar-refractivity contribution >= 4 is 40.2 Å². The summed E-state index contributed by atoms with van der Waals surface area (Å²) in [7, 11) is 0. The lowest BCUT2D eigenvalue weighted by atomic mass is 9.81. The third-order valence-corrected chi connectivity index (χ3v) is 6.85. The predicted octanol–water partition coefficient (Wildman–Crippen LogP) is 6.64. The van der Waals surface area contributed by atoms with E-state index >= 15 is 0 Å². The number of aromatic nitrogens is 3. The molecule has 1 aliphatic rings. The second-order valence-corrected chi connectivity index (χ2v) is 9.22. The fourth-order valence-electron chi connectivity index (χ4n) is 4.46. The lowest BCUT2D eigenvalue weighted by Crippen LogP contribution is -2.13. The number of carbonyl (C=O) groups is 1. The summed E-state index contributed by atoms with van der Waals surface area (Å²) in [6, 6.07) is 4.89. The molecule has 3 heterocycles. The summed E-state index contributed by atoms with van der Waals surface area (Å²) in [4.78, 5) is 16.2. The number of hydrogen-bond acceptors (Lipinski definition) is 4. The Hall–Kier alpha value is -2.83. The molecule has 4 aromatic rings. The Morgan fingerprint density at radius 3 is 2.50 bits per heavy atom. The van der Waals surface area contributed by atoms with Gasteiger partial charge in [-0.2, -0.15) is 0 Å². The molecule has 1 N–H and O–H groups in total. The van der Waals surface area contributed by atoms with E-state index in [0.717, 1.165) is 45.6 Å². The van der Waals surface area contributed by atoms with Gasteiger partial charge in [0.2, 0.25) is 0 Å². The Morgan fingerprint density at radius 2 is 1.94 bits per heavy atom. The summed E-state index contributed by atoms with van der Waals surface area (Å²) >= 11 is 13.1. The average Bonchev–Trinajstić information content (AvgIpc) is 3.23. The summed E-state index contributed by atoms with van der Waals surface area (Å²) in [6.07, 6.45) is 8.52. The number of carboxylic acids is 1. The van der Waals surface area contributed by atoms with Crippen molar-refractivity contribution in [2.75, 3.05) is 0 Å². The highest BCUT2D eigenvalue weighted by molar-refractivity contribution is 6.38. The Balaban J connectivity index is 1.74. The van der Waals surface area contributed by atoms with Gasteiger partial charge in [0, 0.05) is 23.5 Å². The van der Waals surface area contributed by atoms with Gasteiger partial charge in [-0.05, 0) is 49.9 Å². The van der Waals surface area contributed by atoms with Crippen molar-refractivity contribution in [1.29, 1.82) is 0 Å². The monoisotopic (exact) mass is 469 g/mol. The number of aromatic carboxylic acids is 1. The van der Waals surface area contributed by atoms with Gasteiger partial charge < -0.3 is 14.2 Å². The molecule has 0 saturated heterocycles. The van der Waals surface area contributed by atoms with Crippen LogP contribution in [0.2, 0.25) is 10.0 Å². The van der Waals surface area contributed by atoms with Gasteiger partial charge in [-0.25, -0.2) is 4.79 Å².